The van der Waals surface area contributed by atoms with Crippen molar-refractivity contribution < 1.29 is 4.11 Å². The van der Waals surface area contributed by atoms with E-state index in [1.807, 2.05) is 65.8 Å². The van der Waals surface area contributed by atoms with Crippen LogP contribution >= 0.6 is 0 Å². The van der Waals surface area contributed by atoms with E-state index in [1.54, 1.807) is 0 Å². The maximum atomic E-state index is 15.7. The van der Waals surface area contributed by atoms with Crippen LogP contribution in [0.25, 0.3) is 0 Å². The molecular formula is C14H22FSi. The molecule has 1 aromatic carbocycles. The molecule has 0 aliphatic rings. The Morgan fingerprint density at radius 1 is 0.938 bits per heavy atom. The van der Waals surface area contributed by atoms with Crippen LogP contribution in [0.4, 0.5) is 4.11 Å². The number of hydrogen-bond acceptors (Lipinski definition) is 0. The van der Waals surface area contributed by atoms with Crippen LogP contribution in [-0.4, -0.2) is 8.41 Å². The molecule has 0 aliphatic heterocycles. The molecule has 0 amide bonds. The molecule has 2 heteroatoms. The standard InChI is InChI=1S/C14H22FSi/c1-13(2,3)16(15,14(4,5)6)12-10-8-7-9-11-12/h8-11H,1-6H3. The van der Waals surface area contributed by atoms with E-state index in [1.165, 1.54) is 0 Å². The van der Waals surface area contributed by atoms with Gasteiger partial charge in [0.15, 0.2) is 0 Å². The topological polar surface area (TPSA) is 0 Å². The average Bonchev–Trinajstić information content (AvgIpc) is 2.14. The lowest BCUT2D eigenvalue weighted by Gasteiger charge is -2.44. The summed E-state index contributed by atoms with van der Waals surface area (Å²) in [6.07, 6.45) is 0. The molecule has 0 aliphatic carbocycles. The SMILES string of the molecule is CC(C)(C)[Si](F)(c1cc[c]cc1)C(C)(C)C. The van der Waals surface area contributed by atoms with E-state index in [2.05, 4.69) is 6.07 Å². The minimum Gasteiger partial charge on any atom is -0.307 e. The summed E-state index contributed by atoms with van der Waals surface area (Å²) in [4.78, 5) is 0. The molecule has 0 saturated heterocycles. The van der Waals surface area contributed by atoms with Crippen LogP contribution in [0.1, 0.15) is 41.5 Å². The van der Waals surface area contributed by atoms with Gasteiger partial charge in [0.1, 0.15) is 0 Å². The van der Waals surface area contributed by atoms with Crippen LogP contribution in [-0.2, 0) is 0 Å². The Kier molecular flexibility index (Phi) is 3.35. The van der Waals surface area contributed by atoms with Gasteiger partial charge in [0.2, 0.25) is 0 Å². The summed E-state index contributed by atoms with van der Waals surface area (Å²) >= 11 is 0. The Labute approximate surface area is 100 Å². The Balaban J connectivity index is 3.39. The van der Waals surface area contributed by atoms with E-state index in [4.69, 9.17) is 0 Å². The minimum atomic E-state index is -3.05. The van der Waals surface area contributed by atoms with Crippen molar-refractivity contribution in [1.29, 1.82) is 0 Å². The van der Waals surface area contributed by atoms with Crippen molar-refractivity contribution in [3.05, 3.63) is 30.3 Å². The highest BCUT2D eigenvalue weighted by Crippen LogP contribution is 2.51. The average molecular weight is 237 g/mol. The van der Waals surface area contributed by atoms with E-state index in [-0.39, 0.29) is 10.1 Å². The first-order chi connectivity index (χ1) is 7.11. The molecule has 0 fully saturated rings. The van der Waals surface area contributed by atoms with E-state index in [9.17, 15) is 0 Å². The third-order valence-corrected chi connectivity index (χ3v) is 8.45. The van der Waals surface area contributed by atoms with E-state index < -0.39 is 8.41 Å². The van der Waals surface area contributed by atoms with Crippen LogP contribution < -0.4 is 5.19 Å². The number of benzene rings is 1. The number of halogens is 1. The minimum absolute atomic E-state index is 0.299. The molecule has 0 nitrogen and oxygen atoms in total. The van der Waals surface area contributed by atoms with E-state index in [0.29, 0.717) is 0 Å². The van der Waals surface area contributed by atoms with Gasteiger partial charge in [-0.1, -0.05) is 65.8 Å². The maximum Gasteiger partial charge on any atom is 0.288 e. The molecule has 0 unspecified atom stereocenters. The molecule has 0 N–H and O–H groups in total. The zero-order valence-electron chi connectivity index (χ0n) is 11.2. The number of rotatable bonds is 1. The molecule has 1 rings (SSSR count). The molecule has 0 atom stereocenters. The largest absolute Gasteiger partial charge is 0.307 e. The highest BCUT2D eigenvalue weighted by molar-refractivity contribution is 6.90. The van der Waals surface area contributed by atoms with Gasteiger partial charge >= 0.3 is 0 Å². The normalized spacial score (nSPS) is 13.9. The first-order valence-corrected chi connectivity index (χ1v) is 7.64. The molecule has 0 saturated carbocycles. The van der Waals surface area contributed by atoms with Crippen molar-refractivity contribution in [3.63, 3.8) is 0 Å². The molecular weight excluding hydrogens is 215 g/mol. The fourth-order valence-corrected chi connectivity index (χ4v) is 7.22. The van der Waals surface area contributed by atoms with Crippen LogP contribution in [0, 0.1) is 6.07 Å². The summed E-state index contributed by atoms with van der Waals surface area (Å²) < 4.78 is 15.7. The van der Waals surface area contributed by atoms with Gasteiger partial charge in [0.25, 0.3) is 8.41 Å². The fraction of sp³-hybridized carbons (Fsp3) is 0.571. The van der Waals surface area contributed by atoms with Crippen LogP contribution in [0.3, 0.4) is 0 Å². The van der Waals surface area contributed by atoms with Gasteiger partial charge in [-0.05, 0) is 21.3 Å². The highest BCUT2D eigenvalue weighted by Gasteiger charge is 2.56. The van der Waals surface area contributed by atoms with E-state index >= 15 is 4.11 Å². The van der Waals surface area contributed by atoms with E-state index in [0.717, 1.165) is 5.19 Å². The Bertz CT molecular complexity index is 329. The lowest BCUT2D eigenvalue weighted by molar-refractivity contribution is 0.535. The molecule has 89 valence electrons. The van der Waals surface area contributed by atoms with Gasteiger partial charge in [-0.15, -0.1) is 0 Å². The predicted octanol–water partition coefficient (Wildman–Crippen LogP) is 4.21. The van der Waals surface area contributed by atoms with Crippen LogP contribution in [0.15, 0.2) is 24.3 Å². The lowest BCUT2D eigenvalue weighted by atomic mass is 10.2. The Morgan fingerprint density at radius 2 is 1.31 bits per heavy atom. The summed E-state index contributed by atoms with van der Waals surface area (Å²) in [6.45, 7) is 12.1. The van der Waals surface area contributed by atoms with Gasteiger partial charge in [0, 0.05) is 0 Å². The lowest BCUT2D eigenvalue weighted by Crippen LogP contribution is -2.57. The molecule has 0 heterocycles. The Morgan fingerprint density at radius 3 is 1.62 bits per heavy atom. The number of hydrogen-bond donors (Lipinski definition) is 0. The smallest absolute Gasteiger partial charge is 0.288 e. The predicted molar refractivity (Wildman–Crippen MR) is 71.2 cm³/mol. The quantitative estimate of drug-likeness (QED) is 0.507. The van der Waals surface area contributed by atoms with Crippen molar-refractivity contribution in [1.82, 2.24) is 0 Å². The van der Waals surface area contributed by atoms with Crippen LogP contribution in [0.5, 0.6) is 0 Å². The van der Waals surface area contributed by atoms with Gasteiger partial charge in [-0.25, -0.2) is 0 Å². The maximum absolute atomic E-state index is 15.7. The molecule has 0 spiro atoms. The highest BCUT2D eigenvalue weighted by atomic mass is 28.4. The van der Waals surface area contributed by atoms with Crippen molar-refractivity contribution >= 4 is 13.6 Å². The second kappa shape index (κ2) is 3.99. The van der Waals surface area contributed by atoms with Crippen molar-refractivity contribution in [3.8, 4) is 0 Å². The van der Waals surface area contributed by atoms with Gasteiger partial charge in [-0.3, -0.25) is 0 Å². The molecule has 1 aromatic rings. The third-order valence-electron chi connectivity index (χ3n) is 3.18. The first-order valence-electron chi connectivity index (χ1n) is 5.76. The molecule has 0 bridgehead atoms. The zero-order chi connectivity index (χ0) is 12.6. The van der Waals surface area contributed by atoms with Crippen molar-refractivity contribution in [2.75, 3.05) is 0 Å². The summed E-state index contributed by atoms with van der Waals surface area (Å²) in [5.41, 5.74) is 0. The summed E-state index contributed by atoms with van der Waals surface area (Å²) in [7, 11) is -3.05. The Hall–Kier alpha value is -0.633. The first kappa shape index (κ1) is 13.4. The molecule has 16 heavy (non-hydrogen) atoms. The summed E-state index contributed by atoms with van der Waals surface area (Å²) in [5, 5.41) is 0.283. The van der Waals surface area contributed by atoms with Crippen LogP contribution in [0.2, 0.25) is 10.1 Å². The second-order valence-corrected chi connectivity index (χ2v) is 11.3. The third kappa shape index (κ3) is 2.08. The van der Waals surface area contributed by atoms with Gasteiger partial charge in [-0.2, -0.15) is 0 Å². The fourth-order valence-electron chi connectivity index (χ4n) is 2.61. The monoisotopic (exact) mass is 237 g/mol. The summed E-state index contributed by atoms with van der Waals surface area (Å²) in [5.74, 6) is 0. The van der Waals surface area contributed by atoms with Crippen molar-refractivity contribution in [2.24, 2.45) is 0 Å². The van der Waals surface area contributed by atoms with Gasteiger partial charge < -0.3 is 4.11 Å². The molecule has 0 aromatic heterocycles. The second-order valence-electron chi connectivity index (χ2n) is 6.45. The summed E-state index contributed by atoms with van der Waals surface area (Å²) in [6, 6.07) is 10.4. The molecule has 1 radical (unpaired) electrons. The van der Waals surface area contributed by atoms with Gasteiger partial charge in [0.05, 0.1) is 0 Å². The zero-order valence-corrected chi connectivity index (χ0v) is 12.2. The van der Waals surface area contributed by atoms with Crippen molar-refractivity contribution in [2.45, 2.75) is 51.6 Å².